The van der Waals surface area contributed by atoms with Crippen LogP contribution in [0.3, 0.4) is 0 Å². The highest BCUT2D eigenvalue weighted by Crippen LogP contribution is 2.27. The molecular formula is C36H40FN3O4S. The number of rotatable bonds is 13. The average molecular weight is 630 g/mol. The second kappa shape index (κ2) is 15.0. The Morgan fingerprint density at radius 2 is 1.42 bits per heavy atom. The first kappa shape index (κ1) is 33.4. The number of carbonyl (C=O) groups is 2. The number of carbonyl (C=O) groups excluding carboxylic acids is 2. The van der Waals surface area contributed by atoms with Crippen molar-refractivity contribution in [3.8, 4) is 0 Å². The van der Waals surface area contributed by atoms with Crippen LogP contribution in [0.5, 0.6) is 0 Å². The molecule has 0 fully saturated rings. The van der Waals surface area contributed by atoms with E-state index in [-0.39, 0.29) is 29.5 Å². The number of hydrogen-bond donors (Lipinski definition) is 1. The molecule has 0 bridgehead atoms. The maximum atomic E-state index is 15.1. The van der Waals surface area contributed by atoms with E-state index >= 15 is 4.39 Å². The Bertz CT molecular complexity index is 1690. The van der Waals surface area contributed by atoms with Crippen LogP contribution in [-0.2, 0) is 32.6 Å². The summed E-state index contributed by atoms with van der Waals surface area (Å²) in [6, 6.07) is 27.3. The van der Waals surface area contributed by atoms with Crippen molar-refractivity contribution in [2.45, 2.75) is 64.1 Å². The smallest absolute Gasteiger partial charge is 0.264 e. The standard InChI is InChI=1S/C36H40FN3O4S/c1-5-28(4)38-36(42)34(23-29-14-8-6-9-15-29)39(24-30-16-12-13-19-33(30)37)35(41)25-40(31-21-26(2)20-27(3)22-31)45(43,44)32-17-10-7-11-18-32/h6-22,28,34H,5,23-25H2,1-4H3,(H,38,42). The highest BCUT2D eigenvalue weighted by Gasteiger charge is 2.35. The normalized spacial score (nSPS) is 12.6. The van der Waals surface area contributed by atoms with Crippen LogP contribution in [0, 0.1) is 19.7 Å². The van der Waals surface area contributed by atoms with Crippen molar-refractivity contribution in [1.29, 1.82) is 0 Å². The van der Waals surface area contributed by atoms with Gasteiger partial charge in [0.1, 0.15) is 18.4 Å². The van der Waals surface area contributed by atoms with Gasteiger partial charge in [-0.2, -0.15) is 0 Å². The third-order valence-corrected chi connectivity index (χ3v) is 9.46. The summed E-state index contributed by atoms with van der Waals surface area (Å²) in [6.07, 6.45) is 0.819. The zero-order valence-corrected chi connectivity index (χ0v) is 26.9. The first-order chi connectivity index (χ1) is 21.5. The fourth-order valence-corrected chi connectivity index (χ4v) is 6.57. The highest BCUT2D eigenvalue weighted by atomic mass is 32.2. The fraction of sp³-hybridized carbons (Fsp3) is 0.278. The van der Waals surface area contributed by atoms with Gasteiger partial charge in [0.25, 0.3) is 10.0 Å². The van der Waals surface area contributed by atoms with Crippen LogP contribution < -0.4 is 9.62 Å². The Morgan fingerprint density at radius 3 is 2.02 bits per heavy atom. The number of nitrogens with one attached hydrogen (secondary N) is 1. The van der Waals surface area contributed by atoms with E-state index in [0.29, 0.717) is 12.1 Å². The molecule has 0 aliphatic carbocycles. The van der Waals surface area contributed by atoms with E-state index in [0.717, 1.165) is 21.0 Å². The first-order valence-electron chi connectivity index (χ1n) is 15.0. The van der Waals surface area contributed by atoms with Gasteiger partial charge >= 0.3 is 0 Å². The molecule has 4 rings (SSSR count). The molecule has 0 radical (unpaired) electrons. The van der Waals surface area contributed by atoms with Crippen molar-refractivity contribution in [3.63, 3.8) is 0 Å². The molecule has 236 valence electrons. The SMILES string of the molecule is CCC(C)NC(=O)C(Cc1ccccc1)N(Cc1ccccc1F)C(=O)CN(c1cc(C)cc(C)c1)S(=O)(=O)c1ccccc1. The Labute approximate surface area is 265 Å². The topological polar surface area (TPSA) is 86.8 Å². The summed E-state index contributed by atoms with van der Waals surface area (Å²) in [5.74, 6) is -1.57. The van der Waals surface area contributed by atoms with Gasteiger partial charge in [-0.1, -0.05) is 79.7 Å². The van der Waals surface area contributed by atoms with Gasteiger partial charge in [-0.05, 0) is 74.2 Å². The Hall–Kier alpha value is -4.50. The summed E-state index contributed by atoms with van der Waals surface area (Å²) in [4.78, 5) is 29.7. The minimum Gasteiger partial charge on any atom is -0.352 e. The molecule has 7 nitrogen and oxygen atoms in total. The molecule has 0 spiro atoms. The van der Waals surface area contributed by atoms with E-state index in [9.17, 15) is 18.0 Å². The number of hydrogen-bond acceptors (Lipinski definition) is 4. The zero-order chi connectivity index (χ0) is 32.6. The molecule has 2 unspecified atom stereocenters. The number of aryl methyl sites for hydroxylation is 2. The monoisotopic (exact) mass is 629 g/mol. The van der Waals surface area contributed by atoms with Crippen LogP contribution in [-0.4, -0.2) is 43.8 Å². The van der Waals surface area contributed by atoms with Gasteiger partial charge < -0.3 is 10.2 Å². The summed E-state index contributed by atoms with van der Waals surface area (Å²) in [5.41, 5.74) is 2.98. The molecule has 1 N–H and O–H groups in total. The van der Waals surface area contributed by atoms with E-state index in [2.05, 4.69) is 5.32 Å². The fourth-order valence-electron chi connectivity index (χ4n) is 5.15. The quantitative estimate of drug-likeness (QED) is 0.191. The second-order valence-corrected chi connectivity index (χ2v) is 13.2. The largest absolute Gasteiger partial charge is 0.352 e. The van der Waals surface area contributed by atoms with Crippen molar-refractivity contribution in [1.82, 2.24) is 10.2 Å². The Balaban J connectivity index is 1.83. The maximum absolute atomic E-state index is 15.1. The molecule has 0 saturated heterocycles. The lowest BCUT2D eigenvalue weighted by molar-refractivity contribution is -0.140. The molecule has 0 heterocycles. The predicted molar refractivity (Wildman–Crippen MR) is 176 cm³/mol. The zero-order valence-electron chi connectivity index (χ0n) is 26.1. The summed E-state index contributed by atoms with van der Waals surface area (Å²) < 4.78 is 44.4. The third kappa shape index (κ3) is 8.57. The minimum absolute atomic E-state index is 0.0213. The molecule has 45 heavy (non-hydrogen) atoms. The minimum atomic E-state index is -4.21. The van der Waals surface area contributed by atoms with Crippen molar-refractivity contribution >= 4 is 27.5 Å². The lowest BCUT2D eigenvalue weighted by Crippen LogP contribution is -2.54. The van der Waals surface area contributed by atoms with Crippen LogP contribution in [0.2, 0.25) is 0 Å². The average Bonchev–Trinajstić information content (AvgIpc) is 3.02. The van der Waals surface area contributed by atoms with Gasteiger partial charge in [-0.3, -0.25) is 13.9 Å². The molecule has 9 heteroatoms. The molecule has 4 aromatic rings. The number of benzene rings is 4. The van der Waals surface area contributed by atoms with Gasteiger partial charge in [0.2, 0.25) is 11.8 Å². The van der Waals surface area contributed by atoms with E-state index in [1.165, 1.54) is 23.1 Å². The molecule has 2 atom stereocenters. The van der Waals surface area contributed by atoms with Gasteiger partial charge in [0.15, 0.2) is 0 Å². The van der Waals surface area contributed by atoms with Gasteiger partial charge in [-0.15, -0.1) is 0 Å². The van der Waals surface area contributed by atoms with E-state index in [1.54, 1.807) is 48.5 Å². The summed E-state index contributed by atoms with van der Waals surface area (Å²) in [5, 5.41) is 2.98. The van der Waals surface area contributed by atoms with Gasteiger partial charge in [-0.25, -0.2) is 12.8 Å². The van der Waals surface area contributed by atoms with Crippen LogP contribution in [0.4, 0.5) is 10.1 Å². The predicted octanol–water partition coefficient (Wildman–Crippen LogP) is 6.19. The van der Waals surface area contributed by atoms with Crippen molar-refractivity contribution in [3.05, 3.63) is 131 Å². The first-order valence-corrected chi connectivity index (χ1v) is 16.5. The molecule has 0 aromatic heterocycles. The number of sulfonamides is 1. The van der Waals surface area contributed by atoms with Gasteiger partial charge in [0.05, 0.1) is 10.6 Å². The highest BCUT2D eigenvalue weighted by molar-refractivity contribution is 7.92. The summed E-state index contributed by atoms with van der Waals surface area (Å²) in [6.45, 7) is 6.68. The van der Waals surface area contributed by atoms with Crippen LogP contribution in [0.25, 0.3) is 0 Å². The van der Waals surface area contributed by atoms with E-state index in [4.69, 9.17) is 0 Å². The lowest BCUT2D eigenvalue weighted by Gasteiger charge is -2.34. The summed E-state index contributed by atoms with van der Waals surface area (Å²) in [7, 11) is -4.21. The molecular weight excluding hydrogens is 589 g/mol. The molecule has 4 aromatic carbocycles. The molecule has 0 aliphatic rings. The van der Waals surface area contributed by atoms with Crippen molar-refractivity contribution in [2.24, 2.45) is 0 Å². The Kier molecular flexibility index (Phi) is 11.1. The number of anilines is 1. The van der Waals surface area contributed by atoms with E-state index in [1.807, 2.05) is 64.1 Å². The van der Waals surface area contributed by atoms with Crippen molar-refractivity contribution < 1.29 is 22.4 Å². The van der Waals surface area contributed by atoms with Crippen LogP contribution in [0.1, 0.15) is 42.5 Å². The third-order valence-electron chi connectivity index (χ3n) is 7.68. The van der Waals surface area contributed by atoms with Crippen molar-refractivity contribution in [2.75, 3.05) is 10.8 Å². The summed E-state index contributed by atoms with van der Waals surface area (Å²) >= 11 is 0. The molecule has 0 aliphatic heterocycles. The second-order valence-electron chi connectivity index (χ2n) is 11.3. The van der Waals surface area contributed by atoms with Crippen LogP contribution in [0.15, 0.2) is 108 Å². The number of halogens is 1. The Morgan fingerprint density at radius 1 is 0.844 bits per heavy atom. The van der Waals surface area contributed by atoms with Crippen LogP contribution >= 0.6 is 0 Å². The maximum Gasteiger partial charge on any atom is 0.264 e. The number of amides is 2. The number of nitrogens with zero attached hydrogens (tertiary/aromatic N) is 2. The van der Waals surface area contributed by atoms with E-state index < -0.39 is 40.2 Å². The molecule has 0 saturated carbocycles. The molecule has 2 amide bonds. The lowest BCUT2D eigenvalue weighted by atomic mass is 10.0. The van der Waals surface area contributed by atoms with Gasteiger partial charge in [0, 0.05) is 24.6 Å².